The Labute approximate surface area is 93.7 Å². The minimum absolute atomic E-state index is 0.121. The molecular formula is C9H17N5O2. The van der Waals surface area contributed by atoms with Gasteiger partial charge >= 0.3 is 6.03 Å². The molecule has 3 unspecified atom stereocenters. The summed E-state index contributed by atoms with van der Waals surface area (Å²) < 4.78 is 0. The molecule has 5 N–H and O–H groups in total. The highest BCUT2D eigenvalue weighted by Gasteiger charge is 2.46. The number of nitrogens with one attached hydrogen (secondary N) is 1. The number of carbonyl (C=O) groups is 2. The Hall–Kier alpha value is -1.34. The smallest absolute Gasteiger partial charge is 0.316 e. The molecule has 0 bridgehead atoms. The van der Waals surface area contributed by atoms with Gasteiger partial charge < -0.3 is 16.4 Å². The van der Waals surface area contributed by atoms with Crippen molar-refractivity contribution in [3.05, 3.63) is 0 Å². The minimum atomic E-state index is -0.955. The third-order valence-corrected chi connectivity index (χ3v) is 3.32. The number of urea groups is 1. The Morgan fingerprint density at radius 2 is 2.25 bits per heavy atom. The summed E-state index contributed by atoms with van der Waals surface area (Å²) in [6.07, 6.45) is 0.628. The van der Waals surface area contributed by atoms with E-state index in [4.69, 9.17) is 11.5 Å². The van der Waals surface area contributed by atoms with Crippen LogP contribution in [-0.4, -0.2) is 53.7 Å². The number of likely N-dealkylation sites (N-methyl/N-ethyl adjacent to an activating group) is 1. The molecule has 2 heterocycles. The molecule has 3 atom stereocenters. The second kappa shape index (κ2) is 3.91. The lowest BCUT2D eigenvalue weighted by Gasteiger charge is -2.50. The number of nitrogens with zero attached hydrogens (tertiary/aromatic N) is 2. The Bertz CT molecular complexity index is 321. The molecule has 16 heavy (non-hydrogen) atoms. The van der Waals surface area contributed by atoms with E-state index in [1.165, 1.54) is 4.90 Å². The van der Waals surface area contributed by atoms with E-state index >= 15 is 0 Å². The van der Waals surface area contributed by atoms with E-state index in [0.29, 0.717) is 0 Å². The predicted molar refractivity (Wildman–Crippen MR) is 57.0 cm³/mol. The maximum Gasteiger partial charge on any atom is 0.316 e. The maximum absolute atomic E-state index is 11.8. The molecule has 2 saturated heterocycles. The highest BCUT2D eigenvalue weighted by atomic mass is 16.2. The lowest BCUT2D eigenvalue weighted by Crippen LogP contribution is -2.74. The summed E-state index contributed by atoms with van der Waals surface area (Å²) in [5, 5.41) is 3.21. The molecule has 3 amide bonds. The number of hydrogen-bond acceptors (Lipinski definition) is 4. The fourth-order valence-electron chi connectivity index (χ4n) is 2.51. The second-order valence-electron chi connectivity index (χ2n) is 4.25. The zero-order chi connectivity index (χ0) is 11.9. The molecule has 0 spiro atoms. The lowest BCUT2D eigenvalue weighted by molar-refractivity contribution is -0.148. The van der Waals surface area contributed by atoms with Crippen LogP contribution in [-0.2, 0) is 4.79 Å². The fraction of sp³-hybridized carbons (Fsp3) is 0.778. The van der Waals surface area contributed by atoms with Gasteiger partial charge in [-0.05, 0) is 19.4 Å². The number of piperazine rings is 1. The number of primary amides is 1. The maximum atomic E-state index is 11.8. The van der Waals surface area contributed by atoms with Gasteiger partial charge in [0.2, 0.25) is 0 Å². The number of rotatable bonds is 0. The average Bonchev–Trinajstić information content (AvgIpc) is 2.26. The van der Waals surface area contributed by atoms with E-state index in [0.717, 1.165) is 19.4 Å². The highest BCUT2D eigenvalue weighted by molar-refractivity contribution is 5.87. The van der Waals surface area contributed by atoms with Crippen LogP contribution in [0.4, 0.5) is 4.79 Å². The molecule has 0 radical (unpaired) electrons. The zero-order valence-electron chi connectivity index (χ0n) is 9.22. The topological polar surface area (TPSA) is 105 Å². The molecule has 2 aliphatic heterocycles. The Morgan fingerprint density at radius 3 is 2.88 bits per heavy atom. The first-order valence-electron chi connectivity index (χ1n) is 5.37. The van der Waals surface area contributed by atoms with Crippen LogP contribution in [0.5, 0.6) is 0 Å². The van der Waals surface area contributed by atoms with Crippen LogP contribution in [0.2, 0.25) is 0 Å². The average molecular weight is 227 g/mol. The lowest BCUT2D eigenvalue weighted by atomic mass is 9.98. The molecule has 7 nitrogen and oxygen atoms in total. The van der Waals surface area contributed by atoms with Gasteiger partial charge in [0.25, 0.3) is 5.91 Å². The van der Waals surface area contributed by atoms with Crippen LogP contribution in [0, 0.1) is 0 Å². The Balaban J connectivity index is 2.30. The summed E-state index contributed by atoms with van der Waals surface area (Å²) in [5.74, 6) is -0.283. The van der Waals surface area contributed by atoms with Gasteiger partial charge in [0, 0.05) is 7.05 Å². The van der Waals surface area contributed by atoms with E-state index < -0.39 is 12.2 Å². The molecule has 0 aliphatic carbocycles. The second-order valence-corrected chi connectivity index (χ2v) is 4.25. The van der Waals surface area contributed by atoms with Crippen molar-refractivity contribution in [2.45, 2.75) is 31.2 Å². The first-order chi connectivity index (χ1) is 7.54. The summed E-state index contributed by atoms with van der Waals surface area (Å²) in [7, 11) is 1.69. The number of carbonyl (C=O) groups excluding carboxylic acids is 2. The molecule has 2 fully saturated rings. The summed E-state index contributed by atoms with van der Waals surface area (Å²) in [5.41, 5.74) is 11.0. The molecule has 90 valence electrons. The predicted octanol–water partition coefficient (Wildman–Crippen LogP) is -1.80. The molecule has 0 aromatic carbocycles. The summed E-state index contributed by atoms with van der Waals surface area (Å²) in [6.45, 7) is 0.834. The third kappa shape index (κ3) is 1.52. The van der Waals surface area contributed by atoms with E-state index in [9.17, 15) is 9.59 Å². The molecule has 2 aliphatic rings. The van der Waals surface area contributed by atoms with E-state index in [-0.39, 0.29) is 18.1 Å². The minimum Gasteiger partial charge on any atom is -0.351 e. The Morgan fingerprint density at radius 1 is 1.56 bits per heavy atom. The van der Waals surface area contributed by atoms with Crippen molar-refractivity contribution < 1.29 is 9.59 Å². The fourth-order valence-corrected chi connectivity index (χ4v) is 2.51. The number of hydrogen-bond donors (Lipinski definition) is 3. The van der Waals surface area contributed by atoms with Gasteiger partial charge in [-0.15, -0.1) is 0 Å². The third-order valence-electron chi connectivity index (χ3n) is 3.32. The normalized spacial score (nSPS) is 34.9. The molecule has 0 saturated carbocycles. The van der Waals surface area contributed by atoms with Crippen molar-refractivity contribution in [1.29, 1.82) is 0 Å². The monoisotopic (exact) mass is 227 g/mol. The van der Waals surface area contributed by atoms with Crippen molar-refractivity contribution in [1.82, 2.24) is 15.1 Å². The van der Waals surface area contributed by atoms with Crippen molar-refractivity contribution in [3.8, 4) is 0 Å². The van der Waals surface area contributed by atoms with Crippen LogP contribution >= 0.6 is 0 Å². The number of amides is 3. The van der Waals surface area contributed by atoms with Crippen molar-refractivity contribution in [2.75, 3.05) is 13.6 Å². The summed E-state index contributed by atoms with van der Waals surface area (Å²) in [6, 6.07) is -0.753. The standard InChI is InChI=1S/C9H17N5O2/c1-13-7-5(3-2-4-12-7)14(9(11)16)6(10)8(13)15/h5-7,12H,2-4,10H2,1H3,(H2,11,16). The van der Waals surface area contributed by atoms with Gasteiger partial charge in [-0.3, -0.25) is 15.0 Å². The SMILES string of the molecule is CN1C(=O)C(N)N(C(N)=O)C2CCCNC21. The van der Waals surface area contributed by atoms with E-state index in [1.54, 1.807) is 11.9 Å². The zero-order valence-corrected chi connectivity index (χ0v) is 9.22. The molecule has 0 aromatic rings. The van der Waals surface area contributed by atoms with Gasteiger partial charge in [0.05, 0.1) is 6.04 Å². The van der Waals surface area contributed by atoms with Crippen LogP contribution in [0.25, 0.3) is 0 Å². The van der Waals surface area contributed by atoms with Crippen LogP contribution in [0.3, 0.4) is 0 Å². The van der Waals surface area contributed by atoms with Crippen molar-refractivity contribution in [3.63, 3.8) is 0 Å². The van der Waals surface area contributed by atoms with Crippen molar-refractivity contribution >= 4 is 11.9 Å². The quantitative estimate of drug-likeness (QED) is 0.454. The van der Waals surface area contributed by atoms with Crippen LogP contribution < -0.4 is 16.8 Å². The highest BCUT2D eigenvalue weighted by Crippen LogP contribution is 2.24. The van der Waals surface area contributed by atoms with Gasteiger partial charge in [0.15, 0.2) is 6.17 Å². The first-order valence-corrected chi connectivity index (χ1v) is 5.37. The van der Waals surface area contributed by atoms with Crippen LogP contribution in [0.1, 0.15) is 12.8 Å². The number of fused-ring (bicyclic) bond motifs is 1. The Kier molecular flexibility index (Phi) is 2.73. The van der Waals surface area contributed by atoms with Crippen molar-refractivity contribution in [2.24, 2.45) is 11.5 Å². The van der Waals surface area contributed by atoms with Gasteiger partial charge in [-0.1, -0.05) is 0 Å². The van der Waals surface area contributed by atoms with E-state index in [2.05, 4.69) is 5.32 Å². The largest absolute Gasteiger partial charge is 0.351 e. The summed E-state index contributed by atoms with van der Waals surface area (Å²) >= 11 is 0. The molecule has 2 rings (SSSR count). The van der Waals surface area contributed by atoms with Crippen LogP contribution in [0.15, 0.2) is 0 Å². The van der Waals surface area contributed by atoms with Gasteiger partial charge in [-0.2, -0.15) is 0 Å². The summed E-state index contributed by atoms with van der Waals surface area (Å²) in [4.78, 5) is 26.0. The number of nitrogens with two attached hydrogens (primary N) is 2. The first kappa shape index (κ1) is 11.2. The number of piperidine rings is 1. The molecular weight excluding hydrogens is 210 g/mol. The van der Waals surface area contributed by atoms with Gasteiger partial charge in [0.1, 0.15) is 6.17 Å². The van der Waals surface area contributed by atoms with Gasteiger partial charge in [-0.25, -0.2) is 4.79 Å². The molecule has 7 heteroatoms. The molecule has 0 aromatic heterocycles. The van der Waals surface area contributed by atoms with E-state index in [1.807, 2.05) is 0 Å².